The van der Waals surface area contributed by atoms with Crippen LogP contribution in [0.3, 0.4) is 0 Å². The highest BCUT2D eigenvalue weighted by atomic mass is 16.5. The molecule has 1 saturated heterocycles. The minimum absolute atomic E-state index is 0.0584. The van der Waals surface area contributed by atoms with E-state index < -0.39 is 6.10 Å². The summed E-state index contributed by atoms with van der Waals surface area (Å²) in [5.74, 6) is 0.761. The van der Waals surface area contributed by atoms with Crippen molar-refractivity contribution in [2.75, 3.05) is 56.7 Å². The molecule has 0 saturated carbocycles. The van der Waals surface area contributed by atoms with Gasteiger partial charge in [0.2, 0.25) is 0 Å². The van der Waals surface area contributed by atoms with Crippen LogP contribution in [0.4, 0.5) is 11.5 Å². The molecule has 7 heteroatoms. The maximum atomic E-state index is 12.6. The maximum Gasteiger partial charge on any atom is 0.255 e. The molecule has 1 aromatic heterocycles. The molecule has 2 heterocycles. The van der Waals surface area contributed by atoms with Gasteiger partial charge in [-0.25, -0.2) is 4.98 Å². The molecule has 1 atom stereocenters. The van der Waals surface area contributed by atoms with Crippen LogP contribution < -0.4 is 10.2 Å². The zero-order valence-corrected chi connectivity index (χ0v) is 19.7. The molecule has 0 bridgehead atoms. The first kappa shape index (κ1) is 24.2. The highest BCUT2D eigenvalue weighted by molar-refractivity contribution is 6.04. The number of anilines is 2. The SMILES string of the molecule is COCC(O)CN1CCCN(c2ccc(NC(=O)c3ccc(C(C)(C)C)cc3)cn2)CC1. The minimum Gasteiger partial charge on any atom is -0.389 e. The number of aliphatic hydroxyl groups is 1. The topological polar surface area (TPSA) is 77.9 Å². The summed E-state index contributed by atoms with van der Waals surface area (Å²) >= 11 is 0. The fraction of sp³-hybridized carbons (Fsp3) is 0.520. The van der Waals surface area contributed by atoms with Crippen LogP contribution in [0.25, 0.3) is 0 Å². The van der Waals surface area contributed by atoms with Gasteiger partial charge >= 0.3 is 0 Å². The number of nitrogens with zero attached hydrogens (tertiary/aromatic N) is 3. The van der Waals surface area contributed by atoms with Gasteiger partial charge in [-0.05, 0) is 48.2 Å². The number of amides is 1. The van der Waals surface area contributed by atoms with E-state index in [-0.39, 0.29) is 11.3 Å². The average Bonchev–Trinajstić information content (AvgIpc) is 2.99. The summed E-state index contributed by atoms with van der Waals surface area (Å²) in [6.45, 7) is 11.0. The number of rotatable bonds is 7. The van der Waals surface area contributed by atoms with E-state index >= 15 is 0 Å². The monoisotopic (exact) mass is 440 g/mol. The van der Waals surface area contributed by atoms with E-state index in [0.29, 0.717) is 24.4 Å². The Morgan fingerprint density at radius 3 is 2.50 bits per heavy atom. The maximum absolute atomic E-state index is 12.6. The Bertz CT molecular complexity index is 862. The molecule has 1 aliphatic rings. The van der Waals surface area contributed by atoms with Gasteiger partial charge < -0.3 is 20.1 Å². The third kappa shape index (κ3) is 6.76. The Morgan fingerprint density at radius 1 is 1.12 bits per heavy atom. The van der Waals surface area contributed by atoms with Gasteiger partial charge in [0, 0.05) is 38.9 Å². The second kappa shape index (κ2) is 10.9. The van der Waals surface area contributed by atoms with Crippen LogP contribution in [-0.4, -0.2) is 73.4 Å². The van der Waals surface area contributed by atoms with Crippen LogP contribution in [0.1, 0.15) is 43.1 Å². The summed E-state index contributed by atoms with van der Waals surface area (Å²) in [6.07, 6.45) is 2.25. The van der Waals surface area contributed by atoms with Crippen molar-refractivity contribution >= 4 is 17.4 Å². The number of hydrogen-bond donors (Lipinski definition) is 2. The molecule has 1 amide bonds. The van der Waals surface area contributed by atoms with Crippen molar-refractivity contribution in [1.29, 1.82) is 0 Å². The molecule has 1 aliphatic heterocycles. The van der Waals surface area contributed by atoms with Crippen LogP contribution in [0.2, 0.25) is 0 Å². The van der Waals surface area contributed by atoms with Gasteiger partial charge in [-0.1, -0.05) is 32.9 Å². The molecule has 1 aromatic carbocycles. The number of aliphatic hydroxyl groups excluding tert-OH is 1. The summed E-state index contributed by atoms with van der Waals surface area (Å²) in [5, 5.41) is 12.9. The lowest BCUT2D eigenvalue weighted by molar-refractivity contribution is 0.0392. The Labute approximate surface area is 191 Å². The second-order valence-corrected chi connectivity index (χ2v) is 9.44. The van der Waals surface area contributed by atoms with Crippen LogP contribution in [0.15, 0.2) is 42.6 Å². The third-order valence-corrected chi connectivity index (χ3v) is 5.76. The van der Waals surface area contributed by atoms with Gasteiger partial charge in [-0.2, -0.15) is 0 Å². The van der Waals surface area contributed by atoms with E-state index in [0.717, 1.165) is 38.4 Å². The number of β-amino-alcohol motifs (C(OH)–C–C–N with tert-alkyl or cyclic N) is 1. The number of nitrogens with one attached hydrogen (secondary N) is 1. The van der Waals surface area contributed by atoms with E-state index in [2.05, 4.69) is 40.9 Å². The predicted octanol–water partition coefficient (Wildman–Crippen LogP) is 3.15. The number of benzene rings is 1. The van der Waals surface area contributed by atoms with Crippen molar-refractivity contribution in [3.8, 4) is 0 Å². The molecule has 0 aliphatic carbocycles. The van der Waals surface area contributed by atoms with Crippen LogP contribution in [0, 0.1) is 0 Å². The molecular formula is C25H36N4O3. The average molecular weight is 441 g/mol. The van der Waals surface area contributed by atoms with Crippen LogP contribution in [0.5, 0.6) is 0 Å². The first-order valence-corrected chi connectivity index (χ1v) is 11.3. The van der Waals surface area contributed by atoms with Crippen LogP contribution in [-0.2, 0) is 10.2 Å². The number of pyridine rings is 1. The number of carbonyl (C=O) groups is 1. The molecule has 2 N–H and O–H groups in total. The van der Waals surface area contributed by atoms with Gasteiger partial charge in [0.1, 0.15) is 5.82 Å². The molecule has 3 rings (SSSR count). The number of aromatic nitrogens is 1. The number of hydrogen-bond acceptors (Lipinski definition) is 6. The van der Waals surface area contributed by atoms with E-state index in [1.807, 2.05) is 36.4 Å². The Balaban J connectivity index is 1.55. The standard InChI is InChI=1S/C25H36N4O3/c1-25(2,3)20-8-6-19(7-9-20)24(31)27-21-10-11-23(26-16-21)29-13-5-12-28(14-15-29)17-22(30)18-32-4/h6-11,16,22,30H,5,12-15,17-18H2,1-4H3,(H,27,31). The molecular weight excluding hydrogens is 404 g/mol. The van der Waals surface area contributed by atoms with Gasteiger partial charge in [0.25, 0.3) is 5.91 Å². The third-order valence-electron chi connectivity index (χ3n) is 5.76. The lowest BCUT2D eigenvalue weighted by atomic mass is 9.87. The summed E-state index contributed by atoms with van der Waals surface area (Å²) in [6, 6.07) is 11.6. The highest BCUT2D eigenvalue weighted by Gasteiger charge is 2.19. The van der Waals surface area contributed by atoms with Gasteiger partial charge in [0.15, 0.2) is 0 Å². The fourth-order valence-corrected chi connectivity index (χ4v) is 3.90. The molecule has 7 nitrogen and oxygen atoms in total. The lowest BCUT2D eigenvalue weighted by Gasteiger charge is -2.24. The summed E-state index contributed by atoms with van der Waals surface area (Å²) in [4.78, 5) is 21.7. The number of carbonyl (C=O) groups excluding carboxylic acids is 1. The molecule has 1 fully saturated rings. The molecule has 1 unspecified atom stereocenters. The largest absolute Gasteiger partial charge is 0.389 e. The van der Waals surface area contributed by atoms with Gasteiger partial charge in [0.05, 0.1) is 24.6 Å². The molecule has 0 spiro atoms. The molecule has 32 heavy (non-hydrogen) atoms. The summed E-state index contributed by atoms with van der Waals surface area (Å²) in [7, 11) is 1.60. The molecule has 2 aromatic rings. The van der Waals surface area contributed by atoms with Crippen molar-refractivity contribution in [3.05, 3.63) is 53.7 Å². The zero-order chi connectivity index (χ0) is 23.1. The predicted molar refractivity (Wildman–Crippen MR) is 128 cm³/mol. The smallest absolute Gasteiger partial charge is 0.255 e. The molecule has 0 radical (unpaired) electrons. The Kier molecular flexibility index (Phi) is 8.23. The minimum atomic E-state index is -0.461. The van der Waals surface area contributed by atoms with Crippen molar-refractivity contribution in [1.82, 2.24) is 9.88 Å². The van der Waals surface area contributed by atoms with E-state index in [4.69, 9.17) is 4.74 Å². The normalized spacial score (nSPS) is 16.5. The van der Waals surface area contributed by atoms with Crippen molar-refractivity contribution in [2.45, 2.75) is 38.7 Å². The first-order chi connectivity index (χ1) is 15.3. The summed E-state index contributed by atoms with van der Waals surface area (Å²) in [5.41, 5.74) is 2.57. The van der Waals surface area contributed by atoms with Crippen LogP contribution >= 0.6 is 0 Å². The molecule has 174 valence electrons. The van der Waals surface area contributed by atoms with Gasteiger partial charge in [-0.3, -0.25) is 9.69 Å². The fourth-order valence-electron chi connectivity index (χ4n) is 3.90. The lowest BCUT2D eigenvalue weighted by Crippen LogP contribution is -2.37. The van der Waals surface area contributed by atoms with E-state index in [9.17, 15) is 9.90 Å². The highest BCUT2D eigenvalue weighted by Crippen LogP contribution is 2.23. The first-order valence-electron chi connectivity index (χ1n) is 11.3. The quantitative estimate of drug-likeness (QED) is 0.689. The summed E-state index contributed by atoms with van der Waals surface area (Å²) < 4.78 is 5.03. The second-order valence-electron chi connectivity index (χ2n) is 9.44. The number of ether oxygens (including phenoxy) is 1. The Morgan fingerprint density at radius 2 is 1.88 bits per heavy atom. The zero-order valence-electron chi connectivity index (χ0n) is 19.7. The van der Waals surface area contributed by atoms with Crippen molar-refractivity contribution in [3.63, 3.8) is 0 Å². The Hall–Kier alpha value is -2.48. The van der Waals surface area contributed by atoms with Gasteiger partial charge in [-0.15, -0.1) is 0 Å². The van der Waals surface area contributed by atoms with E-state index in [1.54, 1.807) is 13.3 Å². The van der Waals surface area contributed by atoms with Crippen molar-refractivity contribution < 1.29 is 14.6 Å². The van der Waals surface area contributed by atoms with E-state index in [1.165, 1.54) is 5.56 Å². The number of methoxy groups -OCH3 is 1. The van der Waals surface area contributed by atoms with Crippen molar-refractivity contribution in [2.24, 2.45) is 0 Å².